The Kier molecular flexibility index (Phi) is 3.70. The number of hydrogen-bond donors (Lipinski definition) is 2. The second-order valence-corrected chi connectivity index (χ2v) is 5.21. The molecular weight excluding hydrogens is 254 g/mol. The van der Waals surface area contributed by atoms with Gasteiger partial charge in [-0.05, 0) is 38.0 Å². The molecule has 1 saturated carbocycles. The van der Waals surface area contributed by atoms with E-state index in [1.54, 1.807) is 0 Å². The molecule has 1 aromatic rings. The van der Waals surface area contributed by atoms with Gasteiger partial charge in [-0.15, -0.1) is 0 Å². The van der Waals surface area contributed by atoms with E-state index >= 15 is 0 Å². The lowest BCUT2D eigenvalue weighted by atomic mass is 9.92. The van der Waals surface area contributed by atoms with Gasteiger partial charge in [0.25, 0.3) is 0 Å². The molecule has 0 aliphatic heterocycles. The van der Waals surface area contributed by atoms with Gasteiger partial charge in [0, 0.05) is 18.8 Å². The molecule has 1 aliphatic rings. The van der Waals surface area contributed by atoms with E-state index in [1.807, 2.05) is 24.3 Å². The topological polar surface area (TPSA) is 89.4 Å². The van der Waals surface area contributed by atoms with Crippen molar-refractivity contribution in [3.05, 3.63) is 29.8 Å². The fourth-order valence-electron chi connectivity index (χ4n) is 2.90. The van der Waals surface area contributed by atoms with Crippen LogP contribution >= 0.6 is 0 Å². The van der Waals surface area contributed by atoms with E-state index in [0.717, 1.165) is 24.3 Å². The van der Waals surface area contributed by atoms with Crippen LogP contribution in [0.2, 0.25) is 0 Å². The summed E-state index contributed by atoms with van der Waals surface area (Å²) in [6.07, 6.45) is 0.419. The fraction of sp³-hybridized carbons (Fsp3) is 0.467. The Hall–Kier alpha value is -2.04. The van der Waals surface area contributed by atoms with Gasteiger partial charge >= 0.3 is 0 Å². The number of rotatable bonds is 6. The van der Waals surface area contributed by atoms with E-state index in [0.29, 0.717) is 6.42 Å². The maximum atomic E-state index is 11.7. The monoisotopic (exact) mass is 275 g/mol. The van der Waals surface area contributed by atoms with Gasteiger partial charge in [0.1, 0.15) is 0 Å². The zero-order valence-corrected chi connectivity index (χ0v) is 11.9. The molecule has 0 spiro atoms. The number of amides is 2. The van der Waals surface area contributed by atoms with E-state index < -0.39 is 23.1 Å². The standard InChI is InChI=1S/C15H21N3O2/c1-3-18(4-2)11-7-5-10(6-8-11)15(14(17)20)9-12(15)13(16)19/h5-8,12H,3-4,9H2,1-2H3,(H2,16,19)(H2,17,20). The number of benzene rings is 1. The molecule has 0 saturated heterocycles. The smallest absolute Gasteiger partial charge is 0.228 e. The van der Waals surface area contributed by atoms with Gasteiger partial charge in [-0.1, -0.05) is 12.1 Å². The van der Waals surface area contributed by atoms with Crippen LogP contribution in [0, 0.1) is 5.92 Å². The van der Waals surface area contributed by atoms with Crippen LogP contribution in [0.3, 0.4) is 0 Å². The van der Waals surface area contributed by atoms with Crippen LogP contribution in [-0.4, -0.2) is 24.9 Å². The van der Waals surface area contributed by atoms with E-state index in [4.69, 9.17) is 11.5 Å². The normalized spacial score (nSPS) is 24.2. The van der Waals surface area contributed by atoms with Crippen molar-refractivity contribution >= 4 is 17.5 Å². The highest BCUT2D eigenvalue weighted by Gasteiger charge is 2.63. The van der Waals surface area contributed by atoms with Gasteiger partial charge < -0.3 is 16.4 Å². The molecule has 2 rings (SSSR count). The highest BCUT2D eigenvalue weighted by atomic mass is 16.2. The first-order valence-electron chi connectivity index (χ1n) is 6.92. The highest BCUT2D eigenvalue weighted by Crippen LogP contribution is 2.54. The lowest BCUT2D eigenvalue weighted by molar-refractivity contribution is -0.125. The zero-order chi connectivity index (χ0) is 14.9. The summed E-state index contributed by atoms with van der Waals surface area (Å²) in [4.78, 5) is 25.3. The second-order valence-electron chi connectivity index (χ2n) is 5.21. The Morgan fingerprint density at radius 2 is 1.75 bits per heavy atom. The molecule has 0 heterocycles. The largest absolute Gasteiger partial charge is 0.372 e. The molecule has 0 radical (unpaired) electrons. The number of carbonyl (C=O) groups is 2. The molecule has 2 atom stereocenters. The first-order valence-corrected chi connectivity index (χ1v) is 6.92. The van der Waals surface area contributed by atoms with Crippen LogP contribution in [0.1, 0.15) is 25.8 Å². The highest BCUT2D eigenvalue weighted by molar-refractivity contribution is 5.99. The molecule has 0 bridgehead atoms. The van der Waals surface area contributed by atoms with Gasteiger partial charge in [-0.3, -0.25) is 9.59 Å². The summed E-state index contributed by atoms with van der Waals surface area (Å²) in [7, 11) is 0. The predicted octanol–water partition coefficient (Wildman–Crippen LogP) is 0.761. The average molecular weight is 275 g/mol. The molecule has 1 aliphatic carbocycles. The minimum Gasteiger partial charge on any atom is -0.372 e. The summed E-state index contributed by atoms with van der Waals surface area (Å²) < 4.78 is 0. The van der Waals surface area contributed by atoms with Crippen molar-refractivity contribution in [3.8, 4) is 0 Å². The molecule has 5 nitrogen and oxygen atoms in total. The lowest BCUT2D eigenvalue weighted by Gasteiger charge is -2.22. The Labute approximate surface area is 118 Å². The summed E-state index contributed by atoms with van der Waals surface area (Å²) in [5.74, 6) is -1.41. The summed E-state index contributed by atoms with van der Waals surface area (Å²) in [5, 5.41) is 0. The quantitative estimate of drug-likeness (QED) is 0.803. The number of primary amides is 2. The lowest BCUT2D eigenvalue weighted by Crippen LogP contribution is -2.34. The van der Waals surface area contributed by atoms with Crippen LogP contribution in [0.5, 0.6) is 0 Å². The van der Waals surface area contributed by atoms with Gasteiger partial charge in [0.15, 0.2) is 0 Å². The summed E-state index contributed by atoms with van der Waals surface area (Å²) >= 11 is 0. The average Bonchev–Trinajstić information content (AvgIpc) is 3.18. The maximum Gasteiger partial charge on any atom is 0.228 e. The Morgan fingerprint density at radius 1 is 1.20 bits per heavy atom. The third-order valence-corrected chi connectivity index (χ3v) is 4.25. The molecule has 108 valence electrons. The molecule has 1 aromatic carbocycles. The minimum absolute atomic E-state index is 0.419. The number of nitrogens with zero attached hydrogens (tertiary/aromatic N) is 1. The Bertz CT molecular complexity index is 522. The maximum absolute atomic E-state index is 11.7. The molecule has 0 aromatic heterocycles. The first kappa shape index (κ1) is 14.4. The molecule has 1 fully saturated rings. The van der Waals surface area contributed by atoms with Crippen molar-refractivity contribution in [2.75, 3.05) is 18.0 Å². The van der Waals surface area contributed by atoms with E-state index in [9.17, 15) is 9.59 Å². The fourth-order valence-corrected chi connectivity index (χ4v) is 2.90. The predicted molar refractivity (Wildman–Crippen MR) is 78.2 cm³/mol. The van der Waals surface area contributed by atoms with Gasteiger partial charge in [-0.2, -0.15) is 0 Å². The van der Waals surface area contributed by atoms with Gasteiger partial charge in [0.2, 0.25) is 11.8 Å². The van der Waals surface area contributed by atoms with Gasteiger partial charge in [-0.25, -0.2) is 0 Å². The van der Waals surface area contributed by atoms with Crippen molar-refractivity contribution in [2.24, 2.45) is 17.4 Å². The number of hydrogen-bond acceptors (Lipinski definition) is 3. The van der Waals surface area contributed by atoms with Crippen LogP contribution in [0.25, 0.3) is 0 Å². The molecule has 2 amide bonds. The minimum atomic E-state index is -0.895. The molecule has 4 N–H and O–H groups in total. The molecule has 5 heteroatoms. The Morgan fingerprint density at radius 3 is 2.10 bits per heavy atom. The Balaban J connectivity index is 2.30. The molecule has 20 heavy (non-hydrogen) atoms. The van der Waals surface area contributed by atoms with Crippen LogP contribution < -0.4 is 16.4 Å². The third-order valence-electron chi connectivity index (χ3n) is 4.25. The summed E-state index contributed by atoms with van der Waals surface area (Å²) in [6, 6.07) is 7.68. The SMILES string of the molecule is CCN(CC)c1ccc(C2(C(N)=O)CC2C(N)=O)cc1. The third kappa shape index (κ3) is 2.13. The second kappa shape index (κ2) is 5.15. The van der Waals surface area contributed by atoms with Crippen molar-refractivity contribution in [1.82, 2.24) is 0 Å². The van der Waals surface area contributed by atoms with E-state index in [2.05, 4.69) is 18.7 Å². The first-order chi connectivity index (χ1) is 9.47. The van der Waals surface area contributed by atoms with Crippen molar-refractivity contribution < 1.29 is 9.59 Å². The van der Waals surface area contributed by atoms with Gasteiger partial charge in [0.05, 0.1) is 11.3 Å². The number of carbonyl (C=O) groups excluding carboxylic acids is 2. The van der Waals surface area contributed by atoms with Crippen molar-refractivity contribution in [3.63, 3.8) is 0 Å². The van der Waals surface area contributed by atoms with Crippen LogP contribution in [-0.2, 0) is 15.0 Å². The van der Waals surface area contributed by atoms with Crippen molar-refractivity contribution in [1.29, 1.82) is 0 Å². The summed E-state index contributed by atoms with van der Waals surface area (Å²) in [5.41, 5.74) is 11.8. The van der Waals surface area contributed by atoms with Crippen molar-refractivity contribution in [2.45, 2.75) is 25.7 Å². The number of anilines is 1. The van der Waals surface area contributed by atoms with E-state index in [-0.39, 0.29) is 0 Å². The van der Waals surface area contributed by atoms with E-state index in [1.165, 1.54) is 0 Å². The van der Waals surface area contributed by atoms with Crippen LogP contribution in [0.4, 0.5) is 5.69 Å². The van der Waals surface area contributed by atoms with Crippen LogP contribution in [0.15, 0.2) is 24.3 Å². The molecule has 2 unspecified atom stereocenters. The summed E-state index contributed by atoms with van der Waals surface area (Å²) in [6.45, 7) is 6.01. The number of nitrogens with two attached hydrogens (primary N) is 2. The zero-order valence-electron chi connectivity index (χ0n) is 11.9. The molecular formula is C15H21N3O2.